The molecule has 2 heterocycles. The van der Waals surface area contributed by atoms with Crippen molar-refractivity contribution < 1.29 is 4.79 Å². The van der Waals surface area contributed by atoms with E-state index in [2.05, 4.69) is 21.8 Å². The minimum Gasteiger partial charge on any atom is -0.366 e. The number of amides is 1. The van der Waals surface area contributed by atoms with E-state index in [4.69, 9.17) is 5.73 Å². The molecule has 2 aromatic rings. The predicted octanol–water partition coefficient (Wildman–Crippen LogP) is 1.60. The molecule has 1 aromatic heterocycles. The quantitative estimate of drug-likeness (QED) is 0.934. The molecule has 5 nitrogen and oxygen atoms in total. The van der Waals surface area contributed by atoms with E-state index < -0.39 is 5.91 Å². The molecule has 0 aliphatic carbocycles. The lowest BCUT2D eigenvalue weighted by atomic mass is 10.0. The minimum atomic E-state index is -0.413. The largest absolute Gasteiger partial charge is 0.366 e. The van der Waals surface area contributed by atoms with E-state index >= 15 is 0 Å². The first kappa shape index (κ1) is 14.5. The third-order valence-corrected chi connectivity index (χ3v) is 4.06. The zero-order valence-electron chi connectivity index (χ0n) is 12.7. The maximum atomic E-state index is 11.3. The molecule has 0 unspecified atom stereocenters. The van der Waals surface area contributed by atoms with Crippen LogP contribution in [0.25, 0.3) is 11.1 Å². The Labute approximate surface area is 130 Å². The molecule has 0 spiro atoms. The number of likely N-dealkylation sites (N-methyl/N-ethyl adjacent to an activating group) is 1. The van der Waals surface area contributed by atoms with Crippen LogP contribution in [0.3, 0.4) is 0 Å². The lowest BCUT2D eigenvalue weighted by molar-refractivity contribution is 0.100. The molecule has 0 atom stereocenters. The van der Waals surface area contributed by atoms with Crippen molar-refractivity contribution in [3.05, 3.63) is 48.2 Å². The fraction of sp³-hybridized carbons (Fsp3) is 0.294. The van der Waals surface area contributed by atoms with E-state index in [0.29, 0.717) is 5.56 Å². The number of carbonyl (C=O) groups excluding carboxylic acids is 1. The SMILES string of the molecule is CN1CCN(c2ccc(-c3cccc(C(N)=O)c3)cn2)CC1. The van der Waals surface area contributed by atoms with Gasteiger partial charge in [-0.05, 0) is 36.9 Å². The number of hydrogen-bond acceptors (Lipinski definition) is 4. The molecular formula is C17H20N4O. The smallest absolute Gasteiger partial charge is 0.248 e. The molecule has 22 heavy (non-hydrogen) atoms. The molecule has 1 aromatic carbocycles. The summed E-state index contributed by atoms with van der Waals surface area (Å²) >= 11 is 0. The number of nitrogens with two attached hydrogens (primary N) is 1. The zero-order valence-corrected chi connectivity index (χ0v) is 12.7. The number of primary amides is 1. The Hall–Kier alpha value is -2.40. The topological polar surface area (TPSA) is 62.5 Å². The van der Waals surface area contributed by atoms with Crippen molar-refractivity contribution in [2.24, 2.45) is 5.73 Å². The molecule has 114 valence electrons. The number of piperazine rings is 1. The molecule has 5 heteroatoms. The number of rotatable bonds is 3. The molecule has 1 fully saturated rings. The number of nitrogens with zero attached hydrogens (tertiary/aromatic N) is 3. The highest BCUT2D eigenvalue weighted by Crippen LogP contribution is 2.22. The zero-order chi connectivity index (χ0) is 15.5. The van der Waals surface area contributed by atoms with E-state index in [1.807, 2.05) is 30.5 Å². The van der Waals surface area contributed by atoms with Crippen molar-refractivity contribution in [1.29, 1.82) is 0 Å². The van der Waals surface area contributed by atoms with Crippen LogP contribution in [0.1, 0.15) is 10.4 Å². The van der Waals surface area contributed by atoms with Crippen molar-refractivity contribution in [3.63, 3.8) is 0 Å². The second kappa shape index (κ2) is 6.15. The Morgan fingerprint density at radius 2 is 1.86 bits per heavy atom. The van der Waals surface area contributed by atoms with Crippen LogP contribution in [0.4, 0.5) is 5.82 Å². The molecule has 1 amide bonds. The highest BCUT2D eigenvalue weighted by atomic mass is 16.1. The van der Waals surface area contributed by atoms with Crippen LogP contribution in [0.2, 0.25) is 0 Å². The van der Waals surface area contributed by atoms with Gasteiger partial charge in [-0.1, -0.05) is 12.1 Å². The summed E-state index contributed by atoms with van der Waals surface area (Å²) in [6.07, 6.45) is 1.85. The number of carbonyl (C=O) groups is 1. The lowest BCUT2D eigenvalue weighted by Gasteiger charge is -2.33. The Balaban J connectivity index is 1.79. The monoisotopic (exact) mass is 296 g/mol. The maximum Gasteiger partial charge on any atom is 0.248 e. The van der Waals surface area contributed by atoms with Crippen molar-refractivity contribution in [2.45, 2.75) is 0 Å². The van der Waals surface area contributed by atoms with Crippen molar-refractivity contribution >= 4 is 11.7 Å². The fourth-order valence-corrected chi connectivity index (χ4v) is 2.63. The highest BCUT2D eigenvalue weighted by molar-refractivity contribution is 5.94. The molecule has 2 N–H and O–H groups in total. The second-order valence-electron chi connectivity index (χ2n) is 5.64. The Morgan fingerprint density at radius 1 is 1.09 bits per heavy atom. The van der Waals surface area contributed by atoms with Gasteiger partial charge in [-0.25, -0.2) is 4.98 Å². The standard InChI is InChI=1S/C17H20N4O/c1-20-7-9-21(10-8-20)16-6-5-15(12-19-16)13-3-2-4-14(11-13)17(18)22/h2-6,11-12H,7-10H2,1H3,(H2,18,22). The Bertz CT molecular complexity index is 661. The third kappa shape index (κ3) is 3.09. The summed E-state index contributed by atoms with van der Waals surface area (Å²) in [4.78, 5) is 20.5. The van der Waals surface area contributed by atoms with Gasteiger partial charge in [0.05, 0.1) is 0 Å². The first-order valence-corrected chi connectivity index (χ1v) is 7.43. The first-order valence-electron chi connectivity index (χ1n) is 7.43. The van der Waals surface area contributed by atoms with E-state index in [9.17, 15) is 4.79 Å². The van der Waals surface area contributed by atoms with Crippen LogP contribution in [0.5, 0.6) is 0 Å². The summed E-state index contributed by atoms with van der Waals surface area (Å²) in [5.74, 6) is 0.590. The van der Waals surface area contributed by atoms with Gasteiger partial charge in [-0.2, -0.15) is 0 Å². The van der Waals surface area contributed by atoms with Gasteiger partial charge in [0.25, 0.3) is 0 Å². The average molecular weight is 296 g/mol. The summed E-state index contributed by atoms with van der Waals surface area (Å²) in [6, 6.07) is 11.4. The average Bonchev–Trinajstić information content (AvgIpc) is 2.56. The normalized spacial score (nSPS) is 15.8. The number of benzene rings is 1. The summed E-state index contributed by atoms with van der Waals surface area (Å²) in [7, 11) is 2.14. The van der Waals surface area contributed by atoms with E-state index in [0.717, 1.165) is 43.1 Å². The third-order valence-electron chi connectivity index (χ3n) is 4.06. The van der Waals surface area contributed by atoms with Gasteiger partial charge in [-0.3, -0.25) is 4.79 Å². The maximum absolute atomic E-state index is 11.3. The molecule has 1 aliphatic rings. The number of aromatic nitrogens is 1. The molecule has 0 radical (unpaired) electrons. The summed E-state index contributed by atoms with van der Waals surface area (Å²) in [5.41, 5.74) is 7.78. The molecule has 1 aliphatic heterocycles. The van der Waals surface area contributed by atoms with Crippen LogP contribution >= 0.6 is 0 Å². The van der Waals surface area contributed by atoms with Crippen molar-refractivity contribution in [1.82, 2.24) is 9.88 Å². The van der Waals surface area contributed by atoms with Crippen molar-refractivity contribution in [2.75, 3.05) is 38.1 Å². The van der Waals surface area contributed by atoms with Gasteiger partial charge in [0.15, 0.2) is 0 Å². The number of pyridine rings is 1. The molecular weight excluding hydrogens is 276 g/mol. The van der Waals surface area contributed by atoms with Gasteiger partial charge >= 0.3 is 0 Å². The summed E-state index contributed by atoms with van der Waals surface area (Å²) in [5, 5.41) is 0. The van der Waals surface area contributed by atoms with Gasteiger partial charge in [0.1, 0.15) is 5.82 Å². The van der Waals surface area contributed by atoms with Crippen LogP contribution < -0.4 is 10.6 Å². The highest BCUT2D eigenvalue weighted by Gasteiger charge is 2.15. The molecule has 0 bridgehead atoms. The Kier molecular flexibility index (Phi) is 4.06. The number of hydrogen-bond donors (Lipinski definition) is 1. The van der Waals surface area contributed by atoms with Crippen LogP contribution in [0.15, 0.2) is 42.6 Å². The summed E-state index contributed by atoms with van der Waals surface area (Å²) < 4.78 is 0. The molecule has 3 rings (SSSR count). The van der Waals surface area contributed by atoms with Gasteiger partial charge in [-0.15, -0.1) is 0 Å². The predicted molar refractivity (Wildman–Crippen MR) is 87.9 cm³/mol. The van der Waals surface area contributed by atoms with Crippen LogP contribution in [-0.2, 0) is 0 Å². The van der Waals surface area contributed by atoms with Crippen LogP contribution in [-0.4, -0.2) is 49.0 Å². The van der Waals surface area contributed by atoms with Gasteiger partial charge in [0.2, 0.25) is 5.91 Å². The minimum absolute atomic E-state index is 0.413. The van der Waals surface area contributed by atoms with Gasteiger partial charge in [0, 0.05) is 43.5 Å². The summed E-state index contributed by atoms with van der Waals surface area (Å²) in [6.45, 7) is 4.12. The van der Waals surface area contributed by atoms with Crippen molar-refractivity contribution in [3.8, 4) is 11.1 Å². The van der Waals surface area contributed by atoms with Crippen LogP contribution in [0, 0.1) is 0 Å². The fourth-order valence-electron chi connectivity index (χ4n) is 2.63. The van der Waals surface area contributed by atoms with E-state index in [-0.39, 0.29) is 0 Å². The number of anilines is 1. The lowest BCUT2D eigenvalue weighted by Crippen LogP contribution is -2.44. The second-order valence-corrected chi connectivity index (χ2v) is 5.64. The molecule has 1 saturated heterocycles. The van der Waals surface area contributed by atoms with Gasteiger partial charge < -0.3 is 15.5 Å². The Morgan fingerprint density at radius 3 is 2.50 bits per heavy atom. The van der Waals surface area contributed by atoms with E-state index in [1.54, 1.807) is 12.1 Å². The molecule has 0 saturated carbocycles. The van der Waals surface area contributed by atoms with E-state index in [1.165, 1.54) is 0 Å². The first-order chi connectivity index (χ1) is 10.6.